The van der Waals surface area contributed by atoms with E-state index in [0.717, 1.165) is 0 Å². The third kappa shape index (κ3) is 3.22. The maximum Gasteiger partial charge on any atom is 0.400 e. The predicted molar refractivity (Wildman–Crippen MR) is 65.1 cm³/mol. The fourth-order valence-corrected chi connectivity index (χ4v) is 2.43. The highest BCUT2D eigenvalue weighted by Crippen LogP contribution is 2.40. The number of halogens is 5. The molecule has 0 amide bonds. The van der Waals surface area contributed by atoms with Gasteiger partial charge in [0.1, 0.15) is 5.75 Å². The van der Waals surface area contributed by atoms with Crippen LogP contribution in [-0.4, -0.2) is 6.11 Å². The van der Waals surface area contributed by atoms with Gasteiger partial charge in [-0.2, -0.15) is 8.78 Å². The Kier molecular flexibility index (Phi) is 4.20. The van der Waals surface area contributed by atoms with Gasteiger partial charge in [-0.05, 0) is 18.8 Å². The number of alkyl halides is 2. The molecule has 1 aliphatic rings. The predicted octanol–water partition coefficient (Wildman–Crippen LogP) is 5.15. The lowest BCUT2D eigenvalue weighted by atomic mass is 9.82. The van der Waals surface area contributed by atoms with E-state index in [1.807, 2.05) is 6.92 Å². The van der Waals surface area contributed by atoms with Crippen molar-refractivity contribution in [3.05, 3.63) is 29.6 Å². The van der Waals surface area contributed by atoms with Crippen molar-refractivity contribution in [3.63, 3.8) is 0 Å². The Morgan fingerprint density at radius 3 is 2.05 bits per heavy atom. The first-order chi connectivity index (χ1) is 9.29. The van der Waals surface area contributed by atoms with Crippen molar-refractivity contribution in [2.75, 3.05) is 0 Å². The molecule has 0 aromatic heterocycles. The van der Waals surface area contributed by atoms with E-state index in [1.54, 1.807) is 0 Å². The SMILES string of the molecule is CC1CCC(C(F)(F)Oc2cc(F)c(F)c(F)c2)CC1.[HH]. The first-order valence-corrected chi connectivity index (χ1v) is 6.51. The van der Waals surface area contributed by atoms with Crippen LogP contribution in [0.15, 0.2) is 12.1 Å². The van der Waals surface area contributed by atoms with E-state index < -0.39 is 35.2 Å². The molecule has 0 atom stereocenters. The molecule has 1 aromatic rings. The summed E-state index contributed by atoms with van der Waals surface area (Å²) in [5, 5.41) is 0. The van der Waals surface area contributed by atoms with Crippen LogP contribution in [0.25, 0.3) is 0 Å². The van der Waals surface area contributed by atoms with Crippen LogP contribution in [0.2, 0.25) is 0 Å². The summed E-state index contributed by atoms with van der Waals surface area (Å²) in [6.45, 7) is 1.99. The van der Waals surface area contributed by atoms with Gasteiger partial charge in [-0.25, -0.2) is 13.2 Å². The van der Waals surface area contributed by atoms with Gasteiger partial charge >= 0.3 is 6.11 Å². The molecule has 0 spiro atoms. The van der Waals surface area contributed by atoms with Crippen molar-refractivity contribution in [2.24, 2.45) is 11.8 Å². The zero-order valence-corrected chi connectivity index (χ0v) is 10.9. The van der Waals surface area contributed by atoms with Gasteiger partial charge in [-0.15, -0.1) is 0 Å². The number of hydrogen-bond acceptors (Lipinski definition) is 1. The first kappa shape index (κ1) is 15.1. The van der Waals surface area contributed by atoms with Gasteiger partial charge in [-0.3, -0.25) is 0 Å². The molecule has 0 heterocycles. The van der Waals surface area contributed by atoms with E-state index >= 15 is 0 Å². The van der Waals surface area contributed by atoms with E-state index in [2.05, 4.69) is 4.74 Å². The molecule has 0 radical (unpaired) electrons. The summed E-state index contributed by atoms with van der Waals surface area (Å²) < 4.78 is 70.9. The molecule has 0 bridgehead atoms. The van der Waals surface area contributed by atoms with E-state index in [0.29, 0.717) is 43.7 Å². The molecule has 6 heteroatoms. The van der Waals surface area contributed by atoms with Gasteiger partial charge in [0.05, 0.1) is 5.92 Å². The molecule has 0 unspecified atom stereocenters. The highest BCUT2D eigenvalue weighted by molar-refractivity contribution is 5.25. The lowest BCUT2D eigenvalue weighted by molar-refractivity contribution is -0.223. The second-order valence-electron chi connectivity index (χ2n) is 5.32. The minimum Gasteiger partial charge on any atom is -0.432 e. The Bertz CT molecular complexity index is 463. The van der Waals surface area contributed by atoms with Gasteiger partial charge in [0.25, 0.3) is 0 Å². The second kappa shape index (κ2) is 5.58. The largest absolute Gasteiger partial charge is 0.432 e. The average molecular weight is 296 g/mol. The summed E-state index contributed by atoms with van der Waals surface area (Å²) in [7, 11) is 0. The van der Waals surface area contributed by atoms with Crippen LogP contribution in [0.1, 0.15) is 34.0 Å². The topological polar surface area (TPSA) is 9.23 Å². The summed E-state index contributed by atoms with van der Waals surface area (Å²) in [5.74, 6) is -6.10. The lowest BCUT2D eigenvalue weighted by Gasteiger charge is -2.32. The monoisotopic (exact) mass is 296 g/mol. The second-order valence-corrected chi connectivity index (χ2v) is 5.32. The Hall–Kier alpha value is -1.33. The molecular formula is C14H17F5O. The van der Waals surface area contributed by atoms with Crippen LogP contribution in [-0.2, 0) is 0 Å². The lowest BCUT2D eigenvalue weighted by Crippen LogP contribution is -2.37. The summed E-state index contributed by atoms with van der Waals surface area (Å²) >= 11 is 0. The Balaban J connectivity index is 0.00000220. The standard InChI is InChI=1S/C14H15F5O.H2/c1-8-2-4-9(5-3-8)14(18,19)20-10-6-11(15)13(17)12(16)7-10;/h6-9H,2-5H2,1H3;1H. The molecular weight excluding hydrogens is 279 g/mol. The van der Waals surface area contributed by atoms with Gasteiger partial charge in [0.2, 0.25) is 0 Å². The van der Waals surface area contributed by atoms with Crippen molar-refractivity contribution in [1.29, 1.82) is 0 Å². The number of rotatable bonds is 3. The number of benzene rings is 1. The van der Waals surface area contributed by atoms with E-state index in [-0.39, 0.29) is 1.43 Å². The summed E-state index contributed by atoms with van der Waals surface area (Å²) in [4.78, 5) is 0. The molecule has 0 aliphatic heterocycles. The minimum absolute atomic E-state index is 0. The van der Waals surface area contributed by atoms with Crippen molar-refractivity contribution in [1.82, 2.24) is 0 Å². The fraction of sp³-hybridized carbons (Fsp3) is 0.571. The van der Waals surface area contributed by atoms with Crippen LogP contribution >= 0.6 is 0 Å². The molecule has 1 fully saturated rings. The van der Waals surface area contributed by atoms with Crippen molar-refractivity contribution >= 4 is 0 Å². The molecule has 0 saturated heterocycles. The smallest absolute Gasteiger partial charge is 0.400 e. The highest BCUT2D eigenvalue weighted by atomic mass is 19.3. The fourth-order valence-electron chi connectivity index (χ4n) is 2.43. The minimum atomic E-state index is -3.52. The zero-order valence-electron chi connectivity index (χ0n) is 10.9. The zero-order chi connectivity index (χ0) is 14.9. The van der Waals surface area contributed by atoms with E-state index in [9.17, 15) is 22.0 Å². The third-order valence-corrected chi connectivity index (χ3v) is 3.70. The number of hydrogen-bond donors (Lipinski definition) is 0. The number of ether oxygens (including phenoxy) is 1. The molecule has 1 nitrogen and oxygen atoms in total. The molecule has 1 aromatic carbocycles. The van der Waals surface area contributed by atoms with Crippen LogP contribution in [0.4, 0.5) is 22.0 Å². The Morgan fingerprint density at radius 1 is 1.05 bits per heavy atom. The summed E-state index contributed by atoms with van der Waals surface area (Å²) in [5.41, 5.74) is 0. The van der Waals surface area contributed by atoms with Gasteiger partial charge in [-0.1, -0.05) is 19.8 Å². The van der Waals surface area contributed by atoms with Crippen molar-refractivity contribution in [3.8, 4) is 5.75 Å². The van der Waals surface area contributed by atoms with Gasteiger partial charge < -0.3 is 4.74 Å². The quantitative estimate of drug-likeness (QED) is 0.554. The summed E-state index contributed by atoms with van der Waals surface area (Å²) in [6.07, 6.45) is -1.61. The van der Waals surface area contributed by atoms with Crippen molar-refractivity contribution in [2.45, 2.75) is 38.7 Å². The maximum atomic E-state index is 13.9. The highest BCUT2D eigenvalue weighted by Gasteiger charge is 2.43. The van der Waals surface area contributed by atoms with Gasteiger partial charge in [0.15, 0.2) is 17.5 Å². The van der Waals surface area contributed by atoms with Crippen LogP contribution in [0.5, 0.6) is 5.75 Å². The van der Waals surface area contributed by atoms with E-state index in [4.69, 9.17) is 0 Å². The van der Waals surface area contributed by atoms with Crippen LogP contribution in [0, 0.1) is 29.3 Å². The van der Waals surface area contributed by atoms with Crippen LogP contribution in [0.3, 0.4) is 0 Å². The third-order valence-electron chi connectivity index (χ3n) is 3.70. The van der Waals surface area contributed by atoms with Crippen molar-refractivity contribution < 1.29 is 28.1 Å². The normalized spacial score (nSPS) is 23.7. The average Bonchev–Trinajstić information content (AvgIpc) is 2.36. The molecule has 1 aliphatic carbocycles. The van der Waals surface area contributed by atoms with Crippen LogP contribution < -0.4 is 4.74 Å². The molecule has 0 N–H and O–H groups in total. The van der Waals surface area contributed by atoms with Gasteiger partial charge in [0, 0.05) is 13.6 Å². The Labute approximate surface area is 115 Å². The van der Waals surface area contributed by atoms with E-state index in [1.165, 1.54) is 0 Å². The molecule has 2 rings (SSSR count). The molecule has 20 heavy (non-hydrogen) atoms. The summed E-state index contributed by atoms with van der Waals surface area (Å²) in [6, 6.07) is 0.857. The first-order valence-electron chi connectivity index (χ1n) is 6.51. The Morgan fingerprint density at radius 2 is 1.55 bits per heavy atom. The molecule has 1 saturated carbocycles. The maximum absolute atomic E-state index is 13.9. The molecule has 114 valence electrons.